The average Bonchev–Trinajstić information content (AvgIpc) is 3.56. The zero-order valence-electron chi connectivity index (χ0n) is 26.2. The first kappa shape index (κ1) is 29.3. The van der Waals surface area contributed by atoms with Crippen LogP contribution in [-0.4, -0.2) is 9.55 Å². The van der Waals surface area contributed by atoms with Crippen LogP contribution in [0.5, 0.6) is 0 Å². The molecule has 0 atom stereocenters. The summed E-state index contributed by atoms with van der Waals surface area (Å²) >= 11 is 0. The van der Waals surface area contributed by atoms with Crippen LogP contribution < -0.4 is 0 Å². The van der Waals surface area contributed by atoms with E-state index in [4.69, 9.17) is 0 Å². The van der Waals surface area contributed by atoms with E-state index < -0.39 is 0 Å². The minimum Gasteiger partial charge on any atom is -0.309 e. The summed E-state index contributed by atoms with van der Waals surface area (Å²) in [7, 11) is 0. The molecule has 2 nitrogen and oxygen atoms in total. The second kappa shape index (κ2) is 11.3. The van der Waals surface area contributed by atoms with E-state index in [2.05, 4.69) is 151 Å². The number of nitrogens with zero attached hydrogens (tertiary/aromatic N) is 2. The number of pyridine rings is 1. The first-order chi connectivity index (χ1) is 22.6. The molecule has 0 aliphatic heterocycles. The summed E-state index contributed by atoms with van der Waals surface area (Å²) in [6.07, 6.45) is 1.83. The van der Waals surface area contributed by atoms with Crippen LogP contribution in [-0.2, 0) is 25.5 Å². The van der Waals surface area contributed by atoms with Crippen molar-refractivity contribution >= 4 is 21.8 Å². The van der Waals surface area contributed by atoms with Crippen LogP contribution in [0.3, 0.4) is 0 Å². The van der Waals surface area contributed by atoms with Crippen molar-refractivity contribution in [2.75, 3.05) is 0 Å². The Morgan fingerprint density at radius 2 is 1.28 bits per heavy atom. The van der Waals surface area contributed by atoms with E-state index in [0.717, 1.165) is 16.8 Å². The molecule has 1 radical (unpaired) electrons. The van der Waals surface area contributed by atoms with Crippen molar-refractivity contribution < 1.29 is 20.1 Å². The standard InChI is InChI=1S/C44H31N2.Ir/c1-44(2)39-19-7-6-18-35(39)36-27-38-37-26-32(21-22-42(37)46(43(38)28-40(36)44)34-16-4-3-5-17-34)30-13-10-12-29(24-30)31-14-11-15-33(25-31)41-20-8-9-23-45-41;/h3-14,16-28H,1-2H3;/q-1;. The molecule has 2 aromatic heterocycles. The van der Waals surface area contributed by atoms with Gasteiger partial charge in [-0.2, -0.15) is 0 Å². The topological polar surface area (TPSA) is 17.8 Å². The van der Waals surface area contributed by atoms with Crippen molar-refractivity contribution in [3.8, 4) is 50.3 Å². The quantitative estimate of drug-likeness (QED) is 0.163. The number of fused-ring (bicyclic) bond motifs is 6. The third-order valence-corrected chi connectivity index (χ3v) is 9.75. The number of hydrogen-bond donors (Lipinski definition) is 0. The van der Waals surface area contributed by atoms with Gasteiger partial charge in [-0.3, -0.25) is 0 Å². The maximum atomic E-state index is 4.54. The molecule has 0 saturated carbocycles. The average molecular weight is 780 g/mol. The van der Waals surface area contributed by atoms with Gasteiger partial charge >= 0.3 is 0 Å². The fourth-order valence-electron chi connectivity index (χ4n) is 7.44. The van der Waals surface area contributed by atoms with E-state index in [9.17, 15) is 0 Å². The van der Waals surface area contributed by atoms with E-state index in [0.29, 0.717) is 0 Å². The maximum Gasteiger partial charge on any atom is 0.0544 e. The van der Waals surface area contributed by atoms with Gasteiger partial charge in [0.2, 0.25) is 0 Å². The molecule has 0 fully saturated rings. The van der Waals surface area contributed by atoms with Gasteiger partial charge in [0.1, 0.15) is 0 Å². The number of para-hydroxylation sites is 1. The molecular weight excluding hydrogens is 749 g/mol. The Morgan fingerprint density at radius 1 is 0.553 bits per heavy atom. The van der Waals surface area contributed by atoms with Crippen LogP contribution in [0, 0.1) is 6.07 Å². The molecule has 1 aliphatic carbocycles. The summed E-state index contributed by atoms with van der Waals surface area (Å²) in [6, 6.07) is 56.0. The van der Waals surface area contributed by atoms with E-state index in [1.54, 1.807) is 0 Å². The zero-order chi connectivity index (χ0) is 30.8. The molecule has 227 valence electrons. The predicted octanol–water partition coefficient (Wildman–Crippen LogP) is 11.3. The van der Waals surface area contributed by atoms with E-state index >= 15 is 0 Å². The Hall–Kier alpha value is -5.08. The molecule has 0 amide bonds. The normalized spacial score (nSPS) is 12.9. The minimum atomic E-state index is -0.0602. The van der Waals surface area contributed by atoms with Crippen LogP contribution in [0.15, 0.2) is 152 Å². The number of benzene rings is 6. The van der Waals surface area contributed by atoms with Crippen molar-refractivity contribution in [3.63, 3.8) is 0 Å². The van der Waals surface area contributed by atoms with Crippen LogP contribution in [0.1, 0.15) is 25.0 Å². The van der Waals surface area contributed by atoms with E-state index in [-0.39, 0.29) is 25.5 Å². The van der Waals surface area contributed by atoms with Crippen LogP contribution in [0.4, 0.5) is 0 Å². The van der Waals surface area contributed by atoms with Gasteiger partial charge in [-0.1, -0.05) is 92.7 Å². The minimum absolute atomic E-state index is 0. The molecule has 6 aromatic carbocycles. The van der Waals surface area contributed by atoms with Crippen molar-refractivity contribution in [1.82, 2.24) is 9.55 Å². The van der Waals surface area contributed by atoms with Crippen LogP contribution in [0.25, 0.3) is 72.1 Å². The summed E-state index contributed by atoms with van der Waals surface area (Å²) < 4.78 is 2.43. The van der Waals surface area contributed by atoms with Gasteiger partial charge < -0.3 is 9.55 Å². The summed E-state index contributed by atoms with van der Waals surface area (Å²) in [5, 5.41) is 2.54. The molecule has 47 heavy (non-hydrogen) atoms. The van der Waals surface area contributed by atoms with Crippen molar-refractivity contribution in [2.24, 2.45) is 0 Å². The Bertz CT molecular complexity index is 2440. The number of hydrogen-bond acceptors (Lipinski definition) is 1. The SMILES string of the molecule is CC1(C)c2ccccc2-c2cc3c4cc(-c5cccc(-c6cc[c-]c(-c7ccccn7)c6)c5)ccc4n(-c4ccccc4)c3cc21.[Ir]. The van der Waals surface area contributed by atoms with Crippen LogP contribution in [0.2, 0.25) is 0 Å². The Labute approximate surface area is 288 Å². The van der Waals surface area contributed by atoms with Gasteiger partial charge in [-0.25, -0.2) is 0 Å². The predicted molar refractivity (Wildman–Crippen MR) is 191 cm³/mol. The molecular formula is C44H31IrN2-. The monoisotopic (exact) mass is 780 g/mol. The maximum absolute atomic E-state index is 4.54. The van der Waals surface area contributed by atoms with Gasteiger partial charge in [-0.15, -0.1) is 35.4 Å². The largest absolute Gasteiger partial charge is 0.309 e. The van der Waals surface area contributed by atoms with Gasteiger partial charge in [-0.05, 0) is 93.2 Å². The molecule has 0 unspecified atom stereocenters. The summed E-state index contributed by atoms with van der Waals surface area (Å²) in [5.41, 5.74) is 15.7. The molecule has 0 saturated heterocycles. The van der Waals surface area contributed by atoms with Gasteiger partial charge in [0.15, 0.2) is 0 Å². The third-order valence-electron chi connectivity index (χ3n) is 9.75. The fraction of sp³-hybridized carbons (Fsp3) is 0.0682. The first-order valence-corrected chi connectivity index (χ1v) is 15.9. The number of rotatable bonds is 4. The molecule has 0 N–H and O–H groups in total. The van der Waals surface area contributed by atoms with Crippen molar-refractivity contribution in [1.29, 1.82) is 0 Å². The van der Waals surface area contributed by atoms with E-state index in [1.165, 1.54) is 66.4 Å². The van der Waals surface area contributed by atoms with Crippen molar-refractivity contribution in [2.45, 2.75) is 19.3 Å². The first-order valence-electron chi connectivity index (χ1n) is 15.9. The Balaban J connectivity index is 0.00000324. The smallest absolute Gasteiger partial charge is 0.0544 e. The molecule has 2 heterocycles. The third kappa shape index (κ3) is 4.69. The van der Waals surface area contributed by atoms with Gasteiger partial charge in [0.25, 0.3) is 0 Å². The second-order valence-electron chi connectivity index (χ2n) is 12.8. The summed E-state index contributed by atoms with van der Waals surface area (Å²) in [5.74, 6) is 0. The van der Waals surface area contributed by atoms with Crippen LogP contribution >= 0.6 is 0 Å². The zero-order valence-corrected chi connectivity index (χ0v) is 28.6. The molecule has 0 bridgehead atoms. The molecule has 8 aromatic rings. The summed E-state index contributed by atoms with van der Waals surface area (Å²) in [6.45, 7) is 4.71. The molecule has 3 heteroatoms. The molecule has 1 aliphatic rings. The Morgan fingerprint density at radius 3 is 2.09 bits per heavy atom. The fourth-order valence-corrected chi connectivity index (χ4v) is 7.44. The summed E-state index contributed by atoms with van der Waals surface area (Å²) in [4.78, 5) is 4.54. The van der Waals surface area contributed by atoms with E-state index in [1.807, 2.05) is 30.5 Å². The molecule has 9 rings (SSSR count). The second-order valence-corrected chi connectivity index (χ2v) is 12.8. The number of aromatic nitrogens is 2. The van der Waals surface area contributed by atoms with Gasteiger partial charge in [0.05, 0.1) is 11.0 Å². The molecule has 0 spiro atoms. The van der Waals surface area contributed by atoms with Crippen molar-refractivity contribution in [3.05, 3.63) is 169 Å². The Kier molecular flexibility index (Phi) is 7.06. The van der Waals surface area contributed by atoms with Gasteiger partial charge in [0, 0.05) is 48.2 Å².